The number of amides is 1. The van der Waals surface area contributed by atoms with Crippen molar-refractivity contribution >= 4 is 22.3 Å². The smallest absolute Gasteiger partial charge is 0.268 e. The van der Waals surface area contributed by atoms with Crippen LogP contribution in [0.25, 0.3) is 0 Å². The van der Waals surface area contributed by atoms with Gasteiger partial charge in [-0.25, -0.2) is 0 Å². The number of aromatic nitrogens is 3. The number of ether oxygens (including phenoxy) is 1. The summed E-state index contributed by atoms with van der Waals surface area (Å²) in [5, 5.41) is 7.97. The Bertz CT molecular complexity index is 341. The fraction of sp³-hybridized carbons (Fsp3) is 0.625. The van der Waals surface area contributed by atoms with E-state index >= 15 is 0 Å². The first-order valence-electron chi connectivity index (χ1n) is 4.41. The van der Waals surface area contributed by atoms with E-state index in [1.807, 2.05) is 6.92 Å². The van der Waals surface area contributed by atoms with E-state index in [0.717, 1.165) is 6.41 Å². The summed E-state index contributed by atoms with van der Waals surface area (Å²) >= 11 is 3.22. The van der Waals surface area contributed by atoms with Gasteiger partial charge in [0.2, 0.25) is 6.41 Å². The number of likely N-dealkylation sites (N-methyl/N-ethyl adjacent to an activating group) is 1. The second-order valence-corrected chi connectivity index (χ2v) is 3.97. The minimum absolute atomic E-state index is 0.00333. The number of carbonyl (C=O) groups is 1. The second-order valence-electron chi connectivity index (χ2n) is 3.22. The largest absolute Gasteiger partial charge is 0.472 e. The van der Waals surface area contributed by atoms with Gasteiger partial charge in [-0.15, -0.1) is 10.2 Å². The Morgan fingerprint density at radius 1 is 1.67 bits per heavy atom. The predicted octanol–water partition coefficient (Wildman–Crippen LogP) is 0.433. The molecule has 0 saturated heterocycles. The summed E-state index contributed by atoms with van der Waals surface area (Å²) in [6, 6.07) is -0.00333. The third kappa shape index (κ3) is 3.19. The summed E-state index contributed by atoms with van der Waals surface area (Å²) in [4.78, 5) is 13.4. The molecule has 84 valence electrons. The van der Waals surface area contributed by atoms with Crippen LogP contribution in [0.1, 0.15) is 6.92 Å². The third-order valence-electron chi connectivity index (χ3n) is 1.97. The maximum atomic E-state index is 10.5. The van der Waals surface area contributed by atoms with Crippen molar-refractivity contribution in [2.24, 2.45) is 7.05 Å². The molecule has 0 radical (unpaired) electrons. The van der Waals surface area contributed by atoms with E-state index in [4.69, 9.17) is 4.74 Å². The second kappa shape index (κ2) is 5.11. The van der Waals surface area contributed by atoms with Crippen LogP contribution in [-0.4, -0.2) is 46.0 Å². The predicted molar refractivity (Wildman–Crippen MR) is 57.5 cm³/mol. The van der Waals surface area contributed by atoms with Gasteiger partial charge in [-0.3, -0.25) is 4.79 Å². The van der Waals surface area contributed by atoms with Crippen LogP contribution in [0.3, 0.4) is 0 Å². The average molecular weight is 277 g/mol. The lowest BCUT2D eigenvalue weighted by molar-refractivity contribution is -0.119. The molecule has 0 aliphatic rings. The van der Waals surface area contributed by atoms with Crippen LogP contribution in [0.4, 0.5) is 0 Å². The highest BCUT2D eigenvalue weighted by Gasteiger charge is 2.12. The maximum absolute atomic E-state index is 10.5. The van der Waals surface area contributed by atoms with Crippen LogP contribution in [-0.2, 0) is 11.8 Å². The summed E-state index contributed by atoms with van der Waals surface area (Å²) in [5.41, 5.74) is 0. The zero-order chi connectivity index (χ0) is 11.4. The number of nitrogens with zero attached hydrogens (tertiary/aromatic N) is 4. The molecule has 1 unspecified atom stereocenters. The average Bonchev–Trinajstić information content (AvgIpc) is 2.52. The lowest BCUT2D eigenvalue weighted by atomic mass is 10.3. The third-order valence-corrected chi connectivity index (χ3v) is 2.47. The van der Waals surface area contributed by atoms with Gasteiger partial charge < -0.3 is 9.64 Å². The first-order chi connectivity index (χ1) is 7.04. The van der Waals surface area contributed by atoms with E-state index in [1.54, 1.807) is 14.1 Å². The van der Waals surface area contributed by atoms with E-state index in [0.29, 0.717) is 17.1 Å². The van der Waals surface area contributed by atoms with Crippen molar-refractivity contribution in [2.45, 2.75) is 13.0 Å². The van der Waals surface area contributed by atoms with Crippen LogP contribution < -0.4 is 4.74 Å². The zero-order valence-corrected chi connectivity index (χ0v) is 10.4. The molecule has 7 heteroatoms. The van der Waals surface area contributed by atoms with Crippen molar-refractivity contribution in [1.82, 2.24) is 19.9 Å². The summed E-state index contributed by atoms with van der Waals surface area (Å²) in [6.07, 6.45) is 0.764. The summed E-state index contributed by atoms with van der Waals surface area (Å²) in [6.45, 7) is 2.27. The highest BCUT2D eigenvalue weighted by Crippen LogP contribution is 2.18. The number of aryl methyl sites for hydroxylation is 1. The number of carbonyl (C=O) groups excluding carboxylic acids is 1. The van der Waals surface area contributed by atoms with Gasteiger partial charge in [0.1, 0.15) is 6.61 Å². The molecule has 0 N–H and O–H groups in total. The molecule has 0 saturated carbocycles. The lowest BCUT2D eigenvalue weighted by Crippen LogP contribution is -2.32. The summed E-state index contributed by atoms with van der Waals surface area (Å²) in [5.74, 6) is 0.434. The molecule has 1 amide bonds. The molecule has 1 aromatic heterocycles. The van der Waals surface area contributed by atoms with Gasteiger partial charge in [0.25, 0.3) is 5.88 Å². The Hall–Kier alpha value is -1.11. The Morgan fingerprint density at radius 3 is 2.80 bits per heavy atom. The van der Waals surface area contributed by atoms with Crippen molar-refractivity contribution < 1.29 is 9.53 Å². The molecule has 1 aromatic rings. The normalized spacial score (nSPS) is 12.3. The molecular formula is C8H13BrN4O2. The van der Waals surface area contributed by atoms with Gasteiger partial charge in [-0.1, -0.05) is 0 Å². The van der Waals surface area contributed by atoms with Gasteiger partial charge in [0.15, 0.2) is 4.60 Å². The summed E-state index contributed by atoms with van der Waals surface area (Å²) < 4.78 is 5.96. The van der Waals surface area contributed by atoms with Crippen LogP contribution in [0.5, 0.6) is 5.88 Å². The van der Waals surface area contributed by atoms with Gasteiger partial charge in [-0.05, 0) is 22.9 Å². The molecule has 0 bridgehead atoms. The van der Waals surface area contributed by atoms with Crippen molar-refractivity contribution in [2.75, 3.05) is 13.7 Å². The number of halogens is 1. The van der Waals surface area contributed by atoms with Crippen LogP contribution in [0.2, 0.25) is 0 Å². The molecular weight excluding hydrogens is 264 g/mol. The van der Waals surface area contributed by atoms with E-state index < -0.39 is 0 Å². The Labute approximate surface area is 96.3 Å². The molecule has 1 heterocycles. The molecule has 0 spiro atoms. The Kier molecular flexibility index (Phi) is 4.07. The fourth-order valence-electron chi connectivity index (χ4n) is 0.874. The van der Waals surface area contributed by atoms with Crippen LogP contribution in [0.15, 0.2) is 4.60 Å². The first kappa shape index (κ1) is 12.0. The van der Waals surface area contributed by atoms with Crippen LogP contribution in [0, 0.1) is 0 Å². The Balaban J connectivity index is 2.50. The van der Waals surface area contributed by atoms with E-state index in [2.05, 4.69) is 26.1 Å². The maximum Gasteiger partial charge on any atom is 0.268 e. The molecule has 0 aromatic carbocycles. The highest BCUT2D eigenvalue weighted by atomic mass is 79.9. The van der Waals surface area contributed by atoms with Crippen molar-refractivity contribution in [1.29, 1.82) is 0 Å². The summed E-state index contributed by atoms with van der Waals surface area (Å²) in [7, 11) is 3.41. The number of hydrogen-bond acceptors (Lipinski definition) is 4. The minimum Gasteiger partial charge on any atom is -0.472 e. The Morgan fingerprint density at radius 2 is 2.33 bits per heavy atom. The van der Waals surface area contributed by atoms with E-state index in [1.165, 1.54) is 9.70 Å². The molecule has 6 nitrogen and oxygen atoms in total. The molecule has 0 aliphatic heterocycles. The standard InChI is InChI=1S/C8H13BrN4O2/c1-6(12(2)5-14)4-15-8-7(9)10-13(3)11-8/h5-6H,4H2,1-3H3. The number of hydrogen-bond donors (Lipinski definition) is 0. The SMILES string of the molecule is CC(COc1nn(C)nc1Br)N(C)C=O. The van der Waals surface area contributed by atoms with Crippen molar-refractivity contribution in [3.63, 3.8) is 0 Å². The van der Waals surface area contributed by atoms with Gasteiger partial charge in [0, 0.05) is 14.1 Å². The number of rotatable bonds is 5. The van der Waals surface area contributed by atoms with Crippen molar-refractivity contribution in [3.8, 4) is 5.88 Å². The monoisotopic (exact) mass is 276 g/mol. The fourth-order valence-corrected chi connectivity index (χ4v) is 1.30. The topological polar surface area (TPSA) is 60.2 Å². The quantitative estimate of drug-likeness (QED) is 0.732. The zero-order valence-electron chi connectivity index (χ0n) is 8.85. The van der Waals surface area contributed by atoms with Gasteiger partial charge in [0.05, 0.1) is 6.04 Å². The van der Waals surface area contributed by atoms with Crippen molar-refractivity contribution in [3.05, 3.63) is 4.60 Å². The molecule has 1 rings (SSSR count). The lowest BCUT2D eigenvalue weighted by Gasteiger charge is -2.19. The first-order valence-corrected chi connectivity index (χ1v) is 5.20. The molecule has 15 heavy (non-hydrogen) atoms. The van der Waals surface area contributed by atoms with Crippen LogP contribution >= 0.6 is 15.9 Å². The molecule has 0 aliphatic carbocycles. The molecule has 1 atom stereocenters. The minimum atomic E-state index is -0.00333. The highest BCUT2D eigenvalue weighted by molar-refractivity contribution is 9.10. The van der Waals surface area contributed by atoms with Gasteiger partial charge >= 0.3 is 0 Å². The molecule has 0 fully saturated rings. The van der Waals surface area contributed by atoms with E-state index in [9.17, 15) is 4.79 Å². The van der Waals surface area contributed by atoms with E-state index in [-0.39, 0.29) is 6.04 Å². The van der Waals surface area contributed by atoms with Gasteiger partial charge in [-0.2, -0.15) is 4.80 Å².